The predicted octanol–water partition coefficient (Wildman–Crippen LogP) is 3.87. The number of ether oxygens (including phenoxy) is 1. The Kier molecular flexibility index (Phi) is 7.29. The Labute approximate surface area is 192 Å². The summed E-state index contributed by atoms with van der Waals surface area (Å²) in [5.41, 5.74) is 0.656. The fraction of sp³-hybridized carbons (Fsp3) is 0.609. The Bertz CT molecular complexity index is 819. The SMILES string of the molecule is CCC[C@H](NC(=O)N1CCC2(CC1)C(=O)N(C(C)C)C2c1ccc(Br)cc1)C(=O)OC. The molecule has 2 aliphatic rings. The topological polar surface area (TPSA) is 79.0 Å². The molecule has 1 aromatic rings. The second-order valence-electron chi connectivity index (χ2n) is 8.72. The summed E-state index contributed by atoms with van der Waals surface area (Å²) in [4.78, 5) is 41.6. The van der Waals surface area contributed by atoms with Crippen molar-refractivity contribution in [1.29, 1.82) is 0 Å². The number of benzene rings is 1. The Morgan fingerprint density at radius 2 is 1.84 bits per heavy atom. The maximum atomic E-state index is 13.2. The van der Waals surface area contributed by atoms with Gasteiger partial charge in [-0.15, -0.1) is 0 Å². The first-order valence-electron chi connectivity index (χ1n) is 11.0. The van der Waals surface area contributed by atoms with Gasteiger partial charge in [-0.3, -0.25) is 4.79 Å². The van der Waals surface area contributed by atoms with Crippen LogP contribution in [-0.2, 0) is 14.3 Å². The molecule has 2 aliphatic heterocycles. The molecule has 0 aromatic heterocycles. The predicted molar refractivity (Wildman–Crippen MR) is 121 cm³/mol. The van der Waals surface area contributed by atoms with Crippen molar-refractivity contribution in [3.8, 4) is 0 Å². The third-order valence-corrected chi connectivity index (χ3v) is 7.04. The zero-order chi connectivity index (χ0) is 22.8. The van der Waals surface area contributed by atoms with Crippen molar-refractivity contribution in [2.24, 2.45) is 5.41 Å². The first-order valence-corrected chi connectivity index (χ1v) is 11.8. The minimum atomic E-state index is -0.643. The van der Waals surface area contributed by atoms with Gasteiger partial charge < -0.3 is 19.9 Å². The molecule has 170 valence electrons. The minimum absolute atomic E-state index is 0.0150. The van der Waals surface area contributed by atoms with E-state index in [0.29, 0.717) is 32.4 Å². The zero-order valence-corrected chi connectivity index (χ0v) is 20.3. The Balaban J connectivity index is 1.72. The van der Waals surface area contributed by atoms with E-state index >= 15 is 0 Å². The maximum absolute atomic E-state index is 13.2. The average Bonchev–Trinajstić information content (AvgIpc) is 2.76. The molecule has 2 heterocycles. The summed E-state index contributed by atoms with van der Waals surface area (Å²) >= 11 is 3.48. The van der Waals surface area contributed by atoms with Gasteiger partial charge in [0.2, 0.25) is 5.91 Å². The van der Waals surface area contributed by atoms with Gasteiger partial charge in [-0.1, -0.05) is 41.4 Å². The number of nitrogens with zero attached hydrogens (tertiary/aromatic N) is 2. The van der Waals surface area contributed by atoms with E-state index in [2.05, 4.69) is 33.4 Å². The summed E-state index contributed by atoms with van der Waals surface area (Å²) in [5, 5.41) is 2.80. The van der Waals surface area contributed by atoms with Gasteiger partial charge in [0.1, 0.15) is 6.04 Å². The van der Waals surface area contributed by atoms with Crippen LogP contribution in [0.1, 0.15) is 58.1 Å². The van der Waals surface area contributed by atoms with E-state index in [1.165, 1.54) is 7.11 Å². The molecular formula is C23H32BrN3O4. The maximum Gasteiger partial charge on any atom is 0.328 e. The molecular weight excluding hydrogens is 462 g/mol. The van der Waals surface area contributed by atoms with Gasteiger partial charge in [-0.25, -0.2) is 9.59 Å². The Morgan fingerprint density at radius 1 is 1.23 bits per heavy atom. The number of β-lactam (4-membered cyclic amide) rings is 1. The number of methoxy groups -OCH3 is 1. The van der Waals surface area contributed by atoms with Crippen molar-refractivity contribution in [1.82, 2.24) is 15.1 Å². The van der Waals surface area contributed by atoms with Crippen LogP contribution in [0.5, 0.6) is 0 Å². The van der Waals surface area contributed by atoms with Crippen LogP contribution in [-0.4, -0.2) is 60.0 Å². The number of halogens is 1. The number of hydrogen-bond donors (Lipinski definition) is 1. The van der Waals surface area contributed by atoms with Crippen molar-refractivity contribution < 1.29 is 19.1 Å². The summed E-state index contributed by atoms with van der Waals surface area (Å²) in [6.45, 7) is 7.00. The number of hydrogen-bond acceptors (Lipinski definition) is 4. The number of amides is 3. The first-order chi connectivity index (χ1) is 14.7. The second kappa shape index (κ2) is 9.59. The quantitative estimate of drug-likeness (QED) is 0.481. The van der Waals surface area contributed by atoms with Crippen LogP contribution in [0, 0.1) is 5.41 Å². The van der Waals surface area contributed by atoms with Gasteiger partial charge in [0.05, 0.1) is 18.6 Å². The summed E-state index contributed by atoms with van der Waals surface area (Å²) < 4.78 is 5.81. The van der Waals surface area contributed by atoms with Crippen LogP contribution < -0.4 is 5.32 Å². The van der Waals surface area contributed by atoms with Crippen molar-refractivity contribution >= 4 is 33.8 Å². The lowest BCUT2D eigenvalue weighted by molar-refractivity contribution is -0.184. The number of piperidine rings is 1. The molecule has 1 spiro atoms. The Morgan fingerprint density at radius 3 is 2.35 bits per heavy atom. The van der Waals surface area contributed by atoms with E-state index in [4.69, 9.17) is 4.74 Å². The number of esters is 1. The van der Waals surface area contributed by atoms with Gasteiger partial charge in [0.25, 0.3) is 0 Å². The third kappa shape index (κ3) is 4.45. The molecule has 3 amide bonds. The molecule has 1 unspecified atom stereocenters. The van der Waals surface area contributed by atoms with E-state index in [1.807, 2.05) is 37.8 Å². The average molecular weight is 494 g/mol. The van der Waals surface area contributed by atoms with E-state index in [1.54, 1.807) is 4.90 Å². The molecule has 0 saturated carbocycles. The molecule has 1 N–H and O–H groups in total. The molecule has 2 fully saturated rings. The fourth-order valence-corrected chi connectivity index (χ4v) is 5.13. The number of rotatable bonds is 6. The van der Waals surface area contributed by atoms with Crippen LogP contribution in [0.25, 0.3) is 0 Å². The highest BCUT2D eigenvalue weighted by Gasteiger charge is 2.62. The molecule has 0 bridgehead atoms. The molecule has 1 aromatic carbocycles. The molecule has 0 radical (unpaired) electrons. The molecule has 0 aliphatic carbocycles. The van der Waals surface area contributed by atoms with E-state index < -0.39 is 17.4 Å². The first kappa shape index (κ1) is 23.6. The van der Waals surface area contributed by atoms with Crippen LogP contribution in [0.15, 0.2) is 28.7 Å². The molecule has 3 rings (SSSR count). The van der Waals surface area contributed by atoms with Crippen molar-refractivity contribution in [2.45, 2.75) is 64.6 Å². The molecule has 31 heavy (non-hydrogen) atoms. The highest BCUT2D eigenvalue weighted by atomic mass is 79.9. The van der Waals surface area contributed by atoms with Gasteiger partial charge in [0.15, 0.2) is 0 Å². The molecule has 8 heteroatoms. The van der Waals surface area contributed by atoms with E-state index in [9.17, 15) is 14.4 Å². The van der Waals surface area contributed by atoms with Crippen LogP contribution >= 0.6 is 15.9 Å². The number of carbonyl (C=O) groups is 3. The van der Waals surface area contributed by atoms with Gasteiger partial charge in [-0.2, -0.15) is 0 Å². The number of urea groups is 1. The molecule has 2 saturated heterocycles. The number of nitrogens with one attached hydrogen (secondary N) is 1. The molecule has 7 nitrogen and oxygen atoms in total. The van der Waals surface area contributed by atoms with Gasteiger partial charge in [0, 0.05) is 23.6 Å². The minimum Gasteiger partial charge on any atom is -0.467 e. The lowest BCUT2D eigenvalue weighted by Crippen LogP contribution is -2.68. The number of likely N-dealkylation sites (tertiary alicyclic amines) is 2. The van der Waals surface area contributed by atoms with Gasteiger partial charge in [-0.05, 0) is 50.8 Å². The van der Waals surface area contributed by atoms with Crippen LogP contribution in [0.4, 0.5) is 4.79 Å². The van der Waals surface area contributed by atoms with Crippen LogP contribution in [0.2, 0.25) is 0 Å². The van der Waals surface area contributed by atoms with Crippen molar-refractivity contribution in [3.63, 3.8) is 0 Å². The normalized spacial score (nSPS) is 21.1. The zero-order valence-electron chi connectivity index (χ0n) is 18.7. The number of carbonyl (C=O) groups excluding carboxylic acids is 3. The highest BCUT2D eigenvalue weighted by molar-refractivity contribution is 9.10. The lowest BCUT2D eigenvalue weighted by atomic mass is 9.62. The fourth-order valence-electron chi connectivity index (χ4n) is 4.87. The summed E-state index contributed by atoms with van der Waals surface area (Å²) in [7, 11) is 1.33. The standard InChI is InChI=1S/C23H32BrN3O4/c1-5-6-18(20(28)31-4)25-22(30)26-13-11-23(12-14-26)19(27(15(2)3)21(23)29)16-7-9-17(24)10-8-16/h7-10,15,18-19H,5-6,11-14H2,1-4H3,(H,25,30)/t18-,19?/m0/s1. The summed E-state index contributed by atoms with van der Waals surface area (Å²) in [5.74, 6) is -0.255. The van der Waals surface area contributed by atoms with Crippen LogP contribution in [0.3, 0.4) is 0 Å². The smallest absolute Gasteiger partial charge is 0.328 e. The van der Waals surface area contributed by atoms with Gasteiger partial charge >= 0.3 is 12.0 Å². The van der Waals surface area contributed by atoms with Crippen molar-refractivity contribution in [2.75, 3.05) is 20.2 Å². The second-order valence-corrected chi connectivity index (χ2v) is 9.63. The monoisotopic (exact) mass is 493 g/mol. The lowest BCUT2D eigenvalue weighted by Gasteiger charge is -2.60. The largest absolute Gasteiger partial charge is 0.467 e. The van der Waals surface area contributed by atoms with Crippen molar-refractivity contribution in [3.05, 3.63) is 34.3 Å². The van der Waals surface area contributed by atoms with E-state index in [-0.39, 0.29) is 24.0 Å². The van der Waals surface area contributed by atoms with E-state index in [0.717, 1.165) is 16.5 Å². The highest BCUT2D eigenvalue weighted by Crippen LogP contribution is 2.56. The third-order valence-electron chi connectivity index (χ3n) is 6.51. The summed E-state index contributed by atoms with van der Waals surface area (Å²) in [6, 6.07) is 7.37. The summed E-state index contributed by atoms with van der Waals surface area (Å²) in [6.07, 6.45) is 2.51. The Hall–Kier alpha value is -2.09. The molecule has 2 atom stereocenters.